The largest absolute Gasteiger partial charge is 0.370 e. The Morgan fingerprint density at radius 2 is 1.96 bits per heavy atom. The van der Waals surface area contributed by atoms with Gasteiger partial charge in [-0.15, -0.1) is 11.3 Å². The molecule has 1 aliphatic rings. The first-order chi connectivity index (χ1) is 11.6. The number of unbranched alkanes of at least 4 members (excludes halogenated alkanes) is 2. The molecule has 1 amide bonds. The van der Waals surface area contributed by atoms with Crippen LogP contribution in [-0.2, 0) is 4.79 Å². The minimum Gasteiger partial charge on any atom is -0.370 e. The average molecular weight is 349 g/mol. The lowest BCUT2D eigenvalue weighted by molar-refractivity contribution is -0.118. The van der Waals surface area contributed by atoms with Crippen LogP contribution in [0.5, 0.6) is 0 Å². The SMILES string of the molecule is NC(=O)CCCCCN1CCN(c2csc3cc(F)ccc23)CC1. The maximum absolute atomic E-state index is 13.3. The quantitative estimate of drug-likeness (QED) is 0.781. The fourth-order valence-electron chi connectivity index (χ4n) is 3.26. The van der Waals surface area contributed by atoms with Crippen LogP contribution in [0.25, 0.3) is 10.1 Å². The monoisotopic (exact) mass is 349 g/mol. The lowest BCUT2D eigenvalue weighted by Gasteiger charge is -2.35. The van der Waals surface area contributed by atoms with Gasteiger partial charge in [0.25, 0.3) is 0 Å². The highest BCUT2D eigenvalue weighted by Gasteiger charge is 2.19. The number of primary amides is 1. The molecule has 0 radical (unpaired) electrons. The average Bonchev–Trinajstić information content (AvgIpc) is 2.98. The van der Waals surface area contributed by atoms with Crippen molar-refractivity contribution in [1.82, 2.24) is 4.90 Å². The van der Waals surface area contributed by atoms with Crippen molar-refractivity contribution in [1.29, 1.82) is 0 Å². The van der Waals surface area contributed by atoms with Gasteiger partial charge in [-0.3, -0.25) is 9.69 Å². The number of anilines is 1. The molecule has 0 unspecified atom stereocenters. The summed E-state index contributed by atoms with van der Waals surface area (Å²) in [5, 5.41) is 3.30. The number of hydrogen-bond acceptors (Lipinski definition) is 4. The number of hydrogen-bond donors (Lipinski definition) is 1. The molecule has 1 aromatic carbocycles. The summed E-state index contributed by atoms with van der Waals surface area (Å²) in [5.74, 6) is -0.372. The van der Waals surface area contributed by atoms with E-state index in [2.05, 4.69) is 15.2 Å². The van der Waals surface area contributed by atoms with E-state index in [1.165, 1.54) is 5.69 Å². The maximum atomic E-state index is 13.3. The van der Waals surface area contributed by atoms with Gasteiger partial charge in [0.1, 0.15) is 5.82 Å². The van der Waals surface area contributed by atoms with Gasteiger partial charge >= 0.3 is 0 Å². The summed E-state index contributed by atoms with van der Waals surface area (Å²) in [6, 6.07) is 5.05. The zero-order valence-electron chi connectivity index (χ0n) is 13.8. The van der Waals surface area contributed by atoms with Crippen molar-refractivity contribution in [2.75, 3.05) is 37.6 Å². The number of rotatable bonds is 7. The molecule has 1 aromatic heterocycles. The van der Waals surface area contributed by atoms with Crippen LogP contribution in [0.3, 0.4) is 0 Å². The number of thiophene rings is 1. The van der Waals surface area contributed by atoms with Crippen molar-refractivity contribution in [3.63, 3.8) is 0 Å². The van der Waals surface area contributed by atoms with Gasteiger partial charge in [-0.25, -0.2) is 4.39 Å². The lowest BCUT2D eigenvalue weighted by atomic mass is 10.1. The van der Waals surface area contributed by atoms with E-state index >= 15 is 0 Å². The van der Waals surface area contributed by atoms with E-state index in [0.29, 0.717) is 6.42 Å². The van der Waals surface area contributed by atoms with E-state index in [1.54, 1.807) is 23.5 Å². The van der Waals surface area contributed by atoms with E-state index in [-0.39, 0.29) is 11.7 Å². The number of fused-ring (bicyclic) bond motifs is 1. The molecule has 0 spiro atoms. The van der Waals surface area contributed by atoms with Crippen LogP contribution in [0, 0.1) is 5.82 Å². The second-order valence-electron chi connectivity index (χ2n) is 6.37. The molecule has 2 aromatic rings. The van der Waals surface area contributed by atoms with Gasteiger partial charge in [0, 0.05) is 48.1 Å². The fourth-order valence-corrected chi connectivity index (χ4v) is 4.25. The van der Waals surface area contributed by atoms with Crippen LogP contribution >= 0.6 is 11.3 Å². The van der Waals surface area contributed by atoms with Gasteiger partial charge in [0.15, 0.2) is 0 Å². The topological polar surface area (TPSA) is 49.6 Å². The van der Waals surface area contributed by atoms with E-state index in [1.807, 2.05) is 6.07 Å². The number of amides is 1. The third-order valence-corrected chi connectivity index (χ3v) is 5.56. The van der Waals surface area contributed by atoms with Gasteiger partial charge in [0.05, 0.1) is 5.69 Å². The molecule has 130 valence electrons. The number of nitrogens with two attached hydrogens (primary N) is 1. The van der Waals surface area contributed by atoms with Gasteiger partial charge in [-0.05, 0) is 37.6 Å². The third kappa shape index (κ3) is 4.24. The van der Waals surface area contributed by atoms with E-state index in [4.69, 9.17) is 5.73 Å². The smallest absolute Gasteiger partial charge is 0.217 e. The second-order valence-corrected chi connectivity index (χ2v) is 7.28. The number of piperazine rings is 1. The molecule has 0 atom stereocenters. The Morgan fingerprint density at radius 3 is 2.71 bits per heavy atom. The second kappa shape index (κ2) is 7.94. The number of nitrogens with zero attached hydrogens (tertiary/aromatic N) is 2. The fraction of sp³-hybridized carbons (Fsp3) is 0.500. The minimum absolute atomic E-state index is 0.169. The van der Waals surface area contributed by atoms with Crippen molar-refractivity contribution >= 4 is 33.0 Å². The van der Waals surface area contributed by atoms with Gasteiger partial charge in [0.2, 0.25) is 5.91 Å². The van der Waals surface area contributed by atoms with Crippen LogP contribution in [0.15, 0.2) is 23.6 Å². The summed E-state index contributed by atoms with van der Waals surface area (Å²) in [4.78, 5) is 15.6. The van der Waals surface area contributed by atoms with Gasteiger partial charge < -0.3 is 10.6 Å². The summed E-state index contributed by atoms with van der Waals surface area (Å²) in [5.41, 5.74) is 6.38. The number of benzene rings is 1. The van der Waals surface area contributed by atoms with E-state index in [0.717, 1.165) is 62.1 Å². The highest BCUT2D eigenvalue weighted by Crippen LogP contribution is 2.33. The molecule has 4 nitrogen and oxygen atoms in total. The maximum Gasteiger partial charge on any atom is 0.217 e. The normalized spacial score (nSPS) is 16.0. The predicted octanol–water partition coefficient (Wildman–Crippen LogP) is 3.21. The molecule has 3 rings (SSSR count). The Labute approximate surface area is 146 Å². The van der Waals surface area contributed by atoms with E-state index < -0.39 is 0 Å². The molecule has 1 fully saturated rings. The number of carbonyl (C=O) groups is 1. The first kappa shape index (κ1) is 17.2. The standard InChI is InChI=1S/C18H24FN3OS/c19-14-5-6-15-16(13-24-17(15)12-14)22-10-8-21(9-11-22)7-3-1-2-4-18(20)23/h5-6,12-13H,1-4,7-11H2,(H2,20,23). The van der Waals surface area contributed by atoms with Gasteiger partial charge in [-0.2, -0.15) is 0 Å². The van der Waals surface area contributed by atoms with Gasteiger partial charge in [-0.1, -0.05) is 6.42 Å². The highest BCUT2D eigenvalue weighted by atomic mass is 32.1. The van der Waals surface area contributed by atoms with Crippen molar-refractivity contribution in [2.45, 2.75) is 25.7 Å². The Morgan fingerprint density at radius 1 is 1.17 bits per heavy atom. The molecular weight excluding hydrogens is 325 g/mol. The lowest BCUT2D eigenvalue weighted by Crippen LogP contribution is -2.46. The van der Waals surface area contributed by atoms with Crippen LogP contribution in [-0.4, -0.2) is 43.5 Å². The van der Waals surface area contributed by atoms with Crippen LogP contribution in [0.4, 0.5) is 10.1 Å². The van der Waals surface area contributed by atoms with Crippen molar-refractivity contribution in [2.24, 2.45) is 5.73 Å². The van der Waals surface area contributed by atoms with Crippen molar-refractivity contribution < 1.29 is 9.18 Å². The Hall–Kier alpha value is -1.66. The first-order valence-corrected chi connectivity index (χ1v) is 9.44. The number of halogens is 1. The third-order valence-electron chi connectivity index (χ3n) is 4.63. The zero-order valence-corrected chi connectivity index (χ0v) is 14.7. The van der Waals surface area contributed by atoms with Crippen molar-refractivity contribution in [3.05, 3.63) is 29.4 Å². The highest BCUT2D eigenvalue weighted by molar-refractivity contribution is 7.17. The first-order valence-electron chi connectivity index (χ1n) is 8.56. The van der Waals surface area contributed by atoms with Crippen molar-refractivity contribution in [3.8, 4) is 0 Å². The molecule has 6 heteroatoms. The molecule has 0 aliphatic carbocycles. The van der Waals surface area contributed by atoms with E-state index in [9.17, 15) is 9.18 Å². The predicted molar refractivity (Wildman–Crippen MR) is 98.1 cm³/mol. The molecule has 2 N–H and O–H groups in total. The molecular formula is C18H24FN3OS. The number of carbonyl (C=O) groups excluding carboxylic acids is 1. The molecule has 1 saturated heterocycles. The summed E-state index contributed by atoms with van der Waals surface area (Å²) >= 11 is 1.61. The minimum atomic E-state index is -0.202. The summed E-state index contributed by atoms with van der Waals surface area (Å²) in [7, 11) is 0. The molecule has 0 bridgehead atoms. The van der Waals surface area contributed by atoms with Crippen LogP contribution in [0.2, 0.25) is 0 Å². The molecule has 1 aliphatic heterocycles. The Bertz CT molecular complexity index is 695. The Kier molecular flexibility index (Phi) is 5.68. The molecule has 2 heterocycles. The Balaban J connectivity index is 1.47. The summed E-state index contributed by atoms with van der Waals surface area (Å²) in [6.45, 7) is 5.19. The molecule has 0 saturated carbocycles. The molecule has 24 heavy (non-hydrogen) atoms. The zero-order chi connectivity index (χ0) is 16.9. The summed E-state index contributed by atoms with van der Waals surface area (Å²) < 4.78 is 14.3. The van der Waals surface area contributed by atoms with Crippen LogP contribution < -0.4 is 10.6 Å². The summed E-state index contributed by atoms with van der Waals surface area (Å²) in [6.07, 6.45) is 3.57. The van der Waals surface area contributed by atoms with Crippen LogP contribution in [0.1, 0.15) is 25.7 Å².